The van der Waals surface area contributed by atoms with Crippen LogP contribution in [0, 0.1) is 11.7 Å². The average Bonchev–Trinajstić information content (AvgIpc) is 2.71. The van der Waals surface area contributed by atoms with Crippen molar-refractivity contribution in [1.82, 2.24) is 0 Å². The van der Waals surface area contributed by atoms with Gasteiger partial charge in [-0.2, -0.15) is 0 Å². The number of Topliss-reactive ketones (excluding diaryl/α,β-unsaturated/α-hetero) is 1. The van der Waals surface area contributed by atoms with Crippen LogP contribution in [-0.2, 0) is 11.2 Å². The minimum absolute atomic E-state index is 0.0187. The summed E-state index contributed by atoms with van der Waals surface area (Å²) in [5.74, 6) is -0.252. The van der Waals surface area contributed by atoms with E-state index in [1.54, 1.807) is 12.1 Å². The maximum absolute atomic E-state index is 13.3. The summed E-state index contributed by atoms with van der Waals surface area (Å²) in [5, 5.41) is 0. The third-order valence-electron chi connectivity index (χ3n) is 3.38. The second-order valence-corrected chi connectivity index (χ2v) is 5.35. The van der Waals surface area contributed by atoms with E-state index in [9.17, 15) is 9.18 Å². The van der Waals surface area contributed by atoms with Crippen LogP contribution in [0.2, 0.25) is 0 Å². The van der Waals surface area contributed by atoms with Gasteiger partial charge in [0, 0.05) is 18.4 Å². The first-order valence-electron chi connectivity index (χ1n) is 5.81. The van der Waals surface area contributed by atoms with Crippen molar-refractivity contribution in [3.05, 3.63) is 34.1 Å². The van der Waals surface area contributed by atoms with Crippen LogP contribution in [0.3, 0.4) is 0 Å². The van der Waals surface area contributed by atoms with E-state index >= 15 is 0 Å². The van der Waals surface area contributed by atoms with Gasteiger partial charge >= 0.3 is 0 Å². The van der Waals surface area contributed by atoms with Crippen LogP contribution in [0.4, 0.5) is 4.39 Å². The van der Waals surface area contributed by atoms with Crippen LogP contribution < -0.4 is 5.73 Å². The summed E-state index contributed by atoms with van der Waals surface area (Å²) in [7, 11) is 0. The number of hydrogen-bond donors (Lipinski definition) is 1. The average molecular weight is 300 g/mol. The smallest absolute Gasteiger partial charge is 0.141 e. The summed E-state index contributed by atoms with van der Waals surface area (Å²) in [5.41, 5.74) is 6.60. The van der Waals surface area contributed by atoms with Gasteiger partial charge in [-0.15, -0.1) is 0 Å². The Hall–Kier alpha value is -0.740. The van der Waals surface area contributed by atoms with E-state index in [-0.39, 0.29) is 30.0 Å². The van der Waals surface area contributed by atoms with Crippen LogP contribution in [0.5, 0.6) is 0 Å². The number of carbonyl (C=O) groups is 1. The van der Waals surface area contributed by atoms with Gasteiger partial charge in [0.05, 0.1) is 4.47 Å². The lowest BCUT2D eigenvalue weighted by atomic mass is 9.94. The summed E-state index contributed by atoms with van der Waals surface area (Å²) in [6.45, 7) is 0. The van der Waals surface area contributed by atoms with E-state index in [0.717, 1.165) is 19.3 Å². The van der Waals surface area contributed by atoms with E-state index in [2.05, 4.69) is 15.9 Å². The van der Waals surface area contributed by atoms with Gasteiger partial charge in [-0.3, -0.25) is 4.79 Å². The molecule has 2 unspecified atom stereocenters. The van der Waals surface area contributed by atoms with Crippen molar-refractivity contribution in [2.45, 2.75) is 31.7 Å². The van der Waals surface area contributed by atoms with Gasteiger partial charge < -0.3 is 5.73 Å². The Balaban J connectivity index is 2.10. The molecular weight excluding hydrogens is 285 g/mol. The van der Waals surface area contributed by atoms with Crippen molar-refractivity contribution in [3.8, 4) is 0 Å². The predicted octanol–water partition coefficient (Wildman–Crippen LogP) is 2.83. The molecular formula is C13H15BrFNO. The Bertz CT molecular complexity index is 435. The minimum Gasteiger partial charge on any atom is -0.327 e. The van der Waals surface area contributed by atoms with Gasteiger partial charge in [-0.1, -0.05) is 18.6 Å². The number of ketones is 1. The zero-order valence-electron chi connectivity index (χ0n) is 9.46. The molecule has 1 saturated carbocycles. The Kier molecular flexibility index (Phi) is 3.94. The van der Waals surface area contributed by atoms with Crippen LogP contribution in [-0.4, -0.2) is 11.8 Å². The summed E-state index contributed by atoms with van der Waals surface area (Å²) >= 11 is 3.17. The van der Waals surface area contributed by atoms with E-state index in [1.165, 1.54) is 6.07 Å². The SMILES string of the molecule is NC1CCCC1C(=O)Cc1cccc(F)c1Br. The highest BCUT2D eigenvalue weighted by molar-refractivity contribution is 9.10. The molecule has 2 N–H and O–H groups in total. The fourth-order valence-electron chi connectivity index (χ4n) is 2.39. The molecule has 0 radical (unpaired) electrons. The first kappa shape index (κ1) is 12.7. The van der Waals surface area contributed by atoms with E-state index < -0.39 is 0 Å². The number of hydrogen-bond acceptors (Lipinski definition) is 2. The van der Waals surface area contributed by atoms with Gasteiger partial charge in [-0.25, -0.2) is 4.39 Å². The highest BCUT2D eigenvalue weighted by Crippen LogP contribution is 2.28. The highest BCUT2D eigenvalue weighted by atomic mass is 79.9. The molecule has 0 aromatic heterocycles. The Morgan fingerprint density at radius 2 is 2.24 bits per heavy atom. The molecule has 1 aromatic rings. The minimum atomic E-state index is -0.328. The Morgan fingerprint density at radius 3 is 2.88 bits per heavy atom. The molecule has 0 bridgehead atoms. The topological polar surface area (TPSA) is 43.1 Å². The fourth-order valence-corrected chi connectivity index (χ4v) is 2.80. The molecule has 2 atom stereocenters. The van der Waals surface area contributed by atoms with Gasteiger partial charge in [0.25, 0.3) is 0 Å². The normalized spacial score (nSPS) is 23.9. The second kappa shape index (κ2) is 5.27. The molecule has 0 heterocycles. The van der Waals surface area contributed by atoms with Crippen LogP contribution in [0.15, 0.2) is 22.7 Å². The first-order chi connectivity index (χ1) is 8.09. The molecule has 4 heteroatoms. The highest BCUT2D eigenvalue weighted by Gasteiger charge is 2.30. The predicted molar refractivity (Wildman–Crippen MR) is 68.1 cm³/mol. The summed E-state index contributed by atoms with van der Waals surface area (Å²) in [6, 6.07) is 4.75. The van der Waals surface area contributed by atoms with Gasteiger partial charge in [-0.05, 0) is 40.4 Å². The Labute approximate surface area is 109 Å². The van der Waals surface area contributed by atoms with Crippen LogP contribution >= 0.6 is 15.9 Å². The quantitative estimate of drug-likeness (QED) is 0.933. The molecule has 17 heavy (non-hydrogen) atoms. The third kappa shape index (κ3) is 2.75. The van der Waals surface area contributed by atoms with Gasteiger partial charge in [0.15, 0.2) is 0 Å². The Morgan fingerprint density at radius 1 is 1.47 bits per heavy atom. The number of benzene rings is 1. The molecule has 0 amide bonds. The first-order valence-corrected chi connectivity index (χ1v) is 6.60. The summed E-state index contributed by atoms with van der Waals surface area (Å²) in [6.07, 6.45) is 3.06. The van der Waals surface area contributed by atoms with Gasteiger partial charge in [0.1, 0.15) is 11.6 Å². The number of halogens is 2. The number of nitrogens with two attached hydrogens (primary N) is 1. The molecule has 0 saturated heterocycles. The summed E-state index contributed by atoms with van der Waals surface area (Å²) < 4.78 is 13.7. The molecule has 0 aliphatic heterocycles. The molecule has 0 spiro atoms. The lowest BCUT2D eigenvalue weighted by Gasteiger charge is -2.14. The number of rotatable bonds is 3. The fraction of sp³-hybridized carbons (Fsp3) is 0.462. The van der Waals surface area contributed by atoms with Crippen molar-refractivity contribution >= 4 is 21.7 Å². The summed E-state index contributed by atoms with van der Waals surface area (Å²) in [4.78, 5) is 12.1. The molecule has 2 rings (SSSR count). The van der Waals surface area contributed by atoms with E-state index in [0.29, 0.717) is 10.0 Å². The molecule has 1 fully saturated rings. The van der Waals surface area contributed by atoms with Crippen molar-refractivity contribution in [1.29, 1.82) is 0 Å². The lowest BCUT2D eigenvalue weighted by molar-refractivity contribution is -0.122. The van der Waals surface area contributed by atoms with Crippen molar-refractivity contribution < 1.29 is 9.18 Å². The van der Waals surface area contributed by atoms with Crippen LogP contribution in [0.1, 0.15) is 24.8 Å². The zero-order chi connectivity index (χ0) is 12.4. The van der Waals surface area contributed by atoms with Crippen LogP contribution in [0.25, 0.3) is 0 Å². The van der Waals surface area contributed by atoms with Crippen molar-refractivity contribution in [2.24, 2.45) is 11.7 Å². The standard InChI is InChI=1S/C13H15BrFNO/c14-13-8(3-1-5-10(13)15)7-12(17)9-4-2-6-11(9)16/h1,3,5,9,11H,2,4,6-7,16H2. The van der Waals surface area contributed by atoms with Crippen molar-refractivity contribution in [3.63, 3.8) is 0 Å². The second-order valence-electron chi connectivity index (χ2n) is 4.56. The molecule has 1 aliphatic rings. The third-order valence-corrected chi connectivity index (χ3v) is 4.27. The van der Waals surface area contributed by atoms with Crippen molar-refractivity contribution in [2.75, 3.05) is 0 Å². The molecule has 92 valence electrons. The number of carbonyl (C=O) groups excluding carboxylic acids is 1. The lowest BCUT2D eigenvalue weighted by Crippen LogP contribution is -2.31. The molecule has 1 aromatic carbocycles. The van der Waals surface area contributed by atoms with Gasteiger partial charge in [0.2, 0.25) is 0 Å². The molecule has 1 aliphatic carbocycles. The monoisotopic (exact) mass is 299 g/mol. The maximum atomic E-state index is 13.3. The maximum Gasteiger partial charge on any atom is 0.141 e. The van der Waals surface area contributed by atoms with E-state index in [4.69, 9.17) is 5.73 Å². The zero-order valence-corrected chi connectivity index (χ0v) is 11.0. The molecule has 2 nitrogen and oxygen atoms in total. The van der Waals surface area contributed by atoms with E-state index in [1.807, 2.05) is 0 Å². The largest absolute Gasteiger partial charge is 0.327 e.